The minimum Gasteiger partial charge on any atom is -0.410 e. The molecule has 5 heteroatoms. The van der Waals surface area contributed by atoms with Crippen molar-refractivity contribution in [2.75, 3.05) is 23.0 Å². The maximum Gasteiger partial charge on any atom is 0.417 e. The van der Waals surface area contributed by atoms with Crippen molar-refractivity contribution in [3.8, 4) is 5.75 Å². The van der Waals surface area contributed by atoms with Crippen LogP contribution in [0.2, 0.25) is 0 Å². The van der Waals surface area contributed by atoms with Crippen molar-refractivity contribution in [1.29, 1.82) is 0 Å². The largest absolute Gasteiger partial charge is 0.417 e. The molecule has 0 aliphatic carbocycles. The number of hydrogen-bond acceptors (Lipinski definition) is 4. The molecule has 0 radical (unpaired) electrons. The van der Waals surface area contributed by atoms with Gasteiger partial charge in [-0.3, -0.25) is 5.32 Å². The standard InChI is InChI=1S/C22H26N2O2S/c1-14(2)16-7-5-6-8-18(16)23-21(25)26-15-9-10-19-17(13-15)22(3)11-12-27-20(22)24(19)4/h5-10,13-14,20H,11-12H2,1-4H3,(H,23,25). The van der Waals surface area contributed by atoms with Gasteiger partial charge < -0.3 is 9.64 Å². The van der Waals surface area contributed by atoms with Gasteiger partial charge in [-0.2, -0.15) is 0 Å². The Hall–Kier alpha value is -2.14. The molecule has 2 aromatic carbocycles. The van der Waals surface area contributed by atoms with Crippen LogP contribution in [0.1, 0.15) is 44.2 Å². The summed E-state index contributed by atoms with van der Waals surface area (Å²) < 4.78 is 5.63. The highest BCUT2D eigenvalue weighted by molar-refractivity contribution is 8.00. The number of benzene rings is 2. The van der Waals surface area contributed by atoms with E-state index in [4.69, 9.17) is 4.74 Å². The molecule has 142 valence electrons. The summed E-state index contributed by atoms with van der Waals surface area (Å²) in [6, 6.07) is 13.9. The number of fused-ring (bicyclic) bond motifs is 3. The second-order valence-electron chi connectivity index (χ2n) is 7.94. The molecule has 1 amide bonds. The summed E-state index contributed by atoms with van der Waals surface area (Å²) in [6.07, 6.45) is 0.703. The van der Waals surface area contributed by atoms with Crippen LogP contribution in [0, 0.1) is 0 Å². The summed E-state index contributed by atoms with van der Waals surface area (Å²) in [5.74, 6) is 2.09. The Balaban J connectivity index is 1.54. The fourth-order valence-electron chi connectivity index (χ4n) is 4.32. The van der Waals surface area contributed by atoms with Crippen molar-refractivity contribution in [3.05, 3.63) is 53.6 Å². The zero-order valence-corrected chi connectivity index (χ0v) is 17.1. The van der Waals surface area contributed by atoms with E-state index >= 15 is 0 Å². The molecule has 2 unspecified atom stereocenters. The zero-order valence-electron chi connectivity index (χ0n) is 16.3. The number of carbonyl (C=O) groups is 1. The lowest BCUT2D eigenvalue weighted by Crippen LogP contribution is -2.34. The molecule has 2 aliphatic rings. The van der Waals surface area contributed by atoms with Crippen LogP contribution in [0.25, 0.3) is 0 Å². The number of rotatable bonds is 3. The number of para-hydroxylation sites is 1. The van der Waals surface area contributed by atoms with Gasteiger partial charge >= 0.3 is 6.09 Å². The normalized spacial score (nSPS) is 23.3. The Morgan fingerprint density at radius 3 is 2.85 bits per heavy atom. The SMILES string of the molecule is CC(C)c1ccccc1NC(=O)Oc1ccc2c(c1)C1(C)CCSC1N2C. The van der Waals surface area contributed by atoms with Crippen LogP contribution in [0.3, 0.4) is 0 Å². The summed E-state index contributed by atoms with van der Waals surface area (Å²) in [5.41, 5.74) is 4.55. The van der Waals surface area contributed by atoms with Gasteiger partial charge in [0.1, 0.15) is 5.75 Å². The Labute approximate surface area is 165 Å². The summed E-state index contributed by atoms with van der Waals surface area (Å²) in [5, 5.41) is 3.36. The topological polar surface area (TPSA) is 41.6 Å². The highest BCUT2D eigenvalue weighted by Crippen LogP contribution is 2.55. The Kier molecular flexibility index (Phi) is 4.58. The van der Waals surface area contributed by atoms with Gasteiger partial charge in [0, 0.05) is 23.8 Å². The molecule has 4 rings (SSSR count). The monoisotopic (exact) mass is 382 g/mol. The minimum atomic E-state index is -0.447. The molecule has 2 atom stereocenters. The number of amides is 1. The van der Waals surface area contributed by atoms with Crippen LogP contribution < -0.4 is 15.0 Å². The average molecular weight is 383 g/mol. The summed E-state index contributed by atoms with van der Waals surface area (Å²) in [6.45, 7) is 6.54. The van der Waals surface area contributed by atoms with E-state index in [0.717, 1.165) is 17.7 Å². The average Bonchev–Trinajstić information content (AvgIpc) is 3.11. The number of carbonyl (C=O) groups excluding carboxylic acids is 1. The maximum atomic E-state index is 12.5. The van der Waals surface area contributed by atoms with Gasteiger partial charge in [0.2, 0.25) is 0 Å². The van der Waals surface area contributed by atoms with Crippen LogP contribution in [-0.2, 0) is 5.41 Å². The smallest absolute Gasteiger partial charge is 0.410 e. The predicted octanol–water partition coefficient (Wildman–Crippen LogP) is 5.59. The molecule has 2 aromatic rings. The van der Waals surface area contributed by atoms with E-state index in [1.165, 1.54) is 17.0 Å². The Morgan fingerprint density at radius 2 is 2.07 bits per heavy atom. The molecule has 1 fully saturated rings. The van der Waals surface area contributed by atoms with Crippen molar-refractivity contribution in [2.45, 2.75) is 43.9 Å². The van der Waals surface area contributed by atoms with Crippen LogP contribution in [0.5, 0.6) is 5.75 Å². The van der Waals surface area contributed by atoms with E-state index in [-0.39, 0.29) is 5.41 Å². The number of nitrogens with one attached hydrogen (secondary N) is 1. The second-order valence-corrected chi connectivity index (χ2v) is 9.13. The van der Waals surface area contributed by atoms with E-state index in [9.17, 15) is 4.79 Å². The number of likely N-dealkylation sites (N-methyl/N-ethyl adjacent to an activating group) is 1. The van der Waals surface area contributed by atoms with Crippen molar-refractivity contribution >= 4 is 29.2 Å². The van der Waals surface area contributed by atoms with Crippen LogP contribution >= 0.6 is 11.8 Å². The highest BCUT2D eigenvalue weighted by Gasteiger charge is 2.50. The Bertz CT molecular complexity index is 882. The van der Waals surface area contributed by atoms with E-state index in [2.05, 4.69) is 44.1 Å². The molecule has 0 aromatic heterocycles. The molecule has 0 bridgehead atoms. The van der Waals surface area contributed by atoms with Crippen molar-refractivity contribution in [3.63, 3.8) is 0 Å². The summed E-state index contributed by atoms with van der Waals surface area (Å²) in [4.78, 5) is 14.8. The van der Waals surface area contributed by atoms with Crippen molar-refractivity contribution in [2.24, 2.45) is 0 Å². The second kappa shape index (κ2) is 6.79. The van der Waals surface area contributed by atoms with E-state index in [1.54, 1.807) is 0 Å². The third kappa shape index (κ3) is 3.08. The van der Waals surface area contributed by atoms with Gasteiger partial charge in [0.25, 0.3) is 0 Å². The van der Waals surface area contributed by atoms with E-state index in [1.807, 2.05) is 48.2 Å². The molecule has 27 heavy (non-hydrogen) atoms. The number of anilines is 2. The number of hydrogen-bond donors (Lipinski definition) is 1. The van der Waals surface area contributed by atoms with Gasteiger partial charge in [-0.1, -0.05) is 39.0 Å². The van der Waals surface area contributed by atoms with Gasteiger partial charge in [-0.15, -0.1) is 11.8 Å². The van der Waals surface area contributed by atoms with Crippen molar-refractivity contribution < 1.29 is 9.53 Å². The third-order valence-electron chi connectivity index (χ3n) is 5.79. The van der Waals surface area contributed by atoms with Gasteiger partial charge in [-0.25, -0.2) is 4.79 Å². The van der Waals surface area contributed by atoms with Crippen molar-refractivity contribution in [1.82, 2.24) is 0 Å². The molecule has 2 aliphatic heterocycles. The number of nitrogens with zero attached hydrogens (tertiary/aromatic N) is 1. The third-order valence-corrected chi connectivity index (χ3v) is 7.38. The first-order valence-corrected chi connectivity index (χ1v) is 10.5. The molecule has 0 saturated carbocycles. The van der Waals surface area contributed by atoms with E-state index < -0.39 is 6.09 Å². The Morgan fingerprint density at radius 1 is 1.30 bits per heavy atom. The first-order chi connectivity index (χ1) is 12.9. The fraction of sp³-hybridized carbons (Fsp3) is 0.409. The molecule has 0 spiro atoms. The quantitative estimate of drug-likeness (QED) is 0.751. The predicted molar refractivity (Wildman–Crippen MR) is 113 cm³/mol. The lowest BCUT2D eigenvalue weighted by atomic mass is 9.82. The molecule has 4 nitrogen and oxygen atoms in total. The van der Waals surface area contributed by atoms with Gasteiger partial charge in [0.05, 0.1) is 5.37 Å². The number of thioether (sulfide) groups is 1. The molecule has 2 heterocycles. The molecule has 1 saturated heterocycles. The highest BCUT2D eigenvalue weighted by atomic mass is 32.2. The molecular formula is C22H26N2O2S. The lowest BCUT2D eigenvalue weighted by molar-refractivity contribution is 0.215. The van der Waals surface area contributed by atoms with Crippen LogP contribution in [0.15, 0.2) is 42.5 Å². The fourth-order valence-corrected chi connectivity index (χ4v) is 6.04. The number of ether oxygens (including phenoxy) is 1. The summed E-state index contributed by atoms with van der Waals surface area (Å²) in [7, 11) is 2.16. The van der Waals surface area contributed by atoms with Gasteiger partial charge in [-0.05, 0) is 53.5 Å². The first kappa shape index (κ1) is 18.2. The van der Waals surface area contributed by atoms with Gasteiger partial charge in [0.15, 0.2) is 0 Å². The lowest BCUT2D eigenvalue weighted by Gasteiger charge is -2.27. The zero-order chi connectivity index (χ0) is 19.2. The van der Waals surface area contributed by atoms with Crippen LogP contribution in [-0.4, -0.2) is 24.3 Å². The summed E-state index contributed by atoms with van der Waals surface area (Å²) >= 11 is 2.01. The minimum absolute atomic E-state index is 0.120. The van der Waals surface area contributed by atoms with E-state index in [0.29, 0.717) is 17.0 Å². The van der Waals surface area contributed by atoms with Crippen LogP contribution in [0.4, 0.5) is 16.2 Å². The molecule has 1 N–H and O–H groups in total. The maximum absolute atomic E-state index is 12.5. The molecular weight excluding hydrogens is 356 g/mol. The first-order valence-electron chi connectivity index (χ1n) is 9.47.